The Hall–Kier alpha value is -0.893. The van der Waals surface area contributed by atoms with Gasteiger partial charge in [0.15, 0.2) is 10.5 Å². The minimum absolute atomic E-state index is 0.0281. The Bertz CT molecular complexity index is 462. The van der Waals surface area contributed by atoms with Gasteiger partial charge >= 0.3 is 0 Å². The third-order valence-electron chi connectivity index (χ3n) is 2.93. The van der Waals surface area contributed by atoms with E-state index in [0.717, 1.165) is 0 Å². The van der Waals surface area contributed by atoms with Gasteiger partial charge in [-0.3, -0.25) is 0 Å². The van der Waals surface area contributed by atoms with Crippen LogP contribution >= 0.6 is 0 Å². The topological polar surface area (TPSA) is 27.7 Å². The van der Waals surface area contributed by atoms with Gasteiger partial charge in [0.1, 0.15) is 17.5 Å². The van der Waals surface area contributed by atoms with Crippen molar-refractivity contribution in [2.24, 2.45) is 0 Å². The molecule has 0 aliphatic rings. The lowest BCUT2D eigenvalue weighted by atomic mass is 10.1. The first-order valence-electron chi connectivity index (χ1n) is 7.23. The van der Waals surface area contributed by atoms with Crippen molar-refractivity contribution in [2.45, 2.75) is 58.7 Å². The molecule has 0 aromatic heterocycles. The highest BCUT2D eigenvalue weighted by Crippen LogP contribution is 2.27. The monoisotopic (exact) mass is 336 g/mol. The molecule has 0 radical (unpaired) electrons. The number of hydrogen-bond acceptors (Lipinski definition) is 3. The molecule has 0 saturated heterocycles. The molecule has 126 valence electrons. The van der Waals surface area contributed by atoms with E-state index in [1.165, 1.54) is 0 Å². The summed E-state index contributed by atoms with van der Waals surface area (Å²) in [6.45, 7) is 7.27. The first kappa shape index (κ1) is 19.2. The Morgan fingerprint density at radius 3 is 1.82 bits per heavy atom. The van der Waals surface area contributed by atoms with E-state index in [1.807, 2.05) is 27.7 Å². The van der Waals surface area contributed by atoms with Gasteiger partial charge in [0, 0.05) is 24.1 Å². The Kier molecular flexibility index (Phi) is 7.05. The molecule has 1 aromatic carbocycles. The standard InChI is InChI=1S/C15H23F3O3Si/c1-9(2)19-15(21-22,20-10(3)4)6-5-12-13(17)7-11(16)8-14(12)18/h7-10H,5-6H2,1-4,22H3. The predicted octanol–water partition coefficient (Wildman–Crippen LogP) is 2.84. The predicted molar refractivity (Wildman–Crippen MR) is 80.8 cm³/mol. The first-order chi connectivity index (χ1) is 10.2. The van der Waals surface area contributed by atoms with E-state index in [-0.39, 0.29) is 30.6 Å². The summed E-state index contributed by atoms with van der Waals surface area (Å²) < 4.78 is 57.2. The average Bonchev–Trinajstić information content (AvgIpc) is 2.35. The highest BCUT2D eigenvalue weighted by atomic mass is 28.2. The van der Waals surface area contributed by atoms with Crippen LogP contribution in [-0.2, 0) is 20.3 Å². The molecule has 0 atom stereocenters. The van der Waals surface area contributed by atoms with Gasteiger partial charge < -0.3 is 13.9 Å². The molecule has 0 amide bonds. The summed E-state index contributed by atoms with van der Waals surface area (Å²) in [5, 5.41) is 0. The van der Waals surface area contributed by atoms with Crippen molar-refractivity contribution in [3.05, 3.63) is 35.1 Å². The van der Waals surface area contributed by atoms with Gasteiger partial charge in [0.25, 0.3) is 5.97 Å². The number of benzene rings is 1. The molecule has 0 heterocycles. The van der Waals surface area contributed by atoms with Crippen LogP contribution in [-0.4, -0.2) is 28.7 Å². The lowest BCUT2D eigenvalue weighted by Crippen LogP contribution is -2.43. The van der Waals surface area contributed by atoms with E-state index >= 15 is 0 Å². The van der Waals surface area contributed by atoms with Gasteiger partial charge in [0.05, 0.1) is 12.2 Å². The van der Waals surface area contributed by atoms with E-state index in [4.69, 9.17) is 13.9 Å². The molecule has 0 bridgehead atoms. The summed E-state index contributed by atoms with van der Waals surface area (Å²) in [6.07, 6.45) is -0.294. The lowest BCUT2D eigenvalue weighted by Gasteiger charge is -2.36. The second kappa shape index (κ2) is 8.10. The SMILES string of the molecule is CC(C)OC(CCc1c(F)cc(F)cc1F)(O[SiH3])OC(C)C. The zero-order chi connectivity index (χ0) is 16.9. The summed E-state index contributed by atoms with van der Waals surface area (Å²) in [5.41, 5.74) is -0.204. The number of rotatable bonds is 8. The molecular weight excluding hydrogens is 313 g/mol. The molecule has 3 nitrogen and oxygen atoms in total. The average molecular weight is 336 g/mol. The van der Waals surface area contributed by atoms with Gasteiger partial charge in [-0.15, -0.1) is 0 Å². The van der Waals surface area contributed by atoms with Crippen LogP contribution in [0.1, 0.15) is 39.7 Å². The molecule has 7 heteroatoms. The van der Waals surface area contributed by atoms with Gasteiger partial charge in [0.2, 0.25) is 0 Å². The van der Waals surface area contributed by atoms with Crippen molar-refractivity contribution >= 4 is 10.5 Å². The molecule has 1 aromatic rings. The molecule has 22 heavy (non-hydrogen) atoms. The summed E-state index contributed by atoms with van der Waals surface area (Å²) in [4.78, 5) is 0. The van der Waals surface area contributed by atoms with E-state index in [9.17, 15) is 13.2 Å². The smallest absolute Gasteiger partial charge is 0.273 e. The fourth-order valence-corrected chi connectivity index (χ4v) is 2.55. The molecule has 0 unspecified atom stereocenters. The van der Waals surface area contributed by atoms with Gasteiger partial charge in [-0.05, 0) is 34.1 Å². The number of halogens is 3. The van der Waals surface area contributed by atoms with Crippen LogP contribution < -0.4 is 0 Å². The van der Waals surface area contributed by atoms with Crippen molar-refractivity contribution < 1.29 is 27.1 Å². The minimum Gasteiger partial charge on any atom is -0.380 e. The molecule has 0 aliphatic carbocycles. The Morgan fingerprint density at radius 1 is 1.00 bits per heavy atom. The summed E-state index contributed by atoms with van der Waals surface area (Å²) in [5.74, 6) is -4.13. The van der Waals surface area contributed by atoms with Crippen LogP contribution in [0.2, 0.25) is 0 Å². The number of hydrogen-bond donors (Lipinski definition) is 0. The fraction of sp³-hybridized carbons (Fsp3) is 0.600. The van der Waals surface area contributed by atoms with E-state index in [0.29, 0.717) is 22.6 Å². The quantitative estimate of drug-likeness (QED) is 0.540. The third-order valence-corrected chi connectivity index (χ3v) is 3.55. The zero-order valence-electron chi connectivity index (χ0n) is 13.6. The van der Waals surface area contributed by atoms with Crippen LogP contribution in [0.5, 0.6) is 0 Å². The van der Waals surface area contributed by atoms with E-state index in [1.54, 1.807) is 0 Å². The van der Waals surface area contributed by atoms with Crippen LogP contribution in [0, 0.1) is 17.5 Å². The van der Waals surface area contributed by atoms with Crippen molar-refractivity contribution in [3.8, 4) is 0 Å². The van der Waals surface area contributed by atoms with Crippen molar-refractivity contribution in [3.63, 3.8) is 0 Å². The molecule has 0 saturated carbocycles. The van der Waals surface area contributed by atoms with Gasteiger partial charge in [-0.25, -0.2) is 13.2 Å². The van der Waals surface area contributed by atoms with Crippen molar-refractivity contribution in [1.29, 1.82) is 0 Å². The molecule has 0 N–H and O–H groups in total. The van der Waals surface area contributed by atoms with E-state index < -0.39 is 23.4 Å². The Labute approximate surface area is 132 Å². The van der Waals surface area contributed by atoms with Crippen molar-refractivity contribution in [2.75, 3.05) is 0 Å². The fourth-order valence-electron chi connectivity index (χ4n) is 2.15. The zero-order valence-corrected chi connectivity index (χ0v) is 15.6. The maximum atomic E-state index is 13.7. The normalized spacial score (nSPS) is 12.6. The van der Waals surface area contributed by atoms with Gasteiger partial charge in [-0.1, -0.05) is 0 Å². The number of ether oxygens (including phenoxy) is 2. The second-order valence-electron chi connectivity index (χ2n) is 5.57. The second-order valence-corrected chi connectivity index (χ2v) is 5.98. The van der Waals surface area contributed by atoms with E-state index in [2.05, 4.69) is 0 Å². The maximum Gasteiger partial charge on any atom is 0.273 e. The summed E-state index contributed by atoms with van der Waals surface area (Å²) in [7, 11) is 0.331. The lowest BCUT2D eigenvalue weighted by molar-refractivity contribution is -0.368. The molecular formula is C15H23F3O3Si. The van der Waals surface area contributed by atoms with Crippen LogP contribution in [0.25, 0.3) is 0 Å². The van der Waals surface area contributed by atoms with Crippen LogP contribution in [0.15, 0.2) is 12.1 Å². The minimum atomic E-state index is -1.35. The maximum absolute atomic E-state index is 13.7. The van der Waals surface area contributed by atoms with Crippen LogP contribution in [0.4, 0.5) is 13.2 Å². The molecule has 0 spiro atoms. The third kappa shape index (κ3) is 5.39. The molecule has 0 fully saturated rings. The highest BCUT2D eigenvalue weighted by molar-refractivity contribution is 5.98. The summed E-state index contributed by atoms with van der Waals surface area (Å²) in [6, 6.07) is 1.32. The molecule has 0 aliphatic heterocycles. The Balaban J connectivity index is 2.95. The van der Waals surface area contributed by atoms with Crippen molar-refractivity contribution in [1.82, 2.24) is 0 Å². The largest absolute Gasteiger partial charge is 0.380 e. The highest BCUT2D eigenvalue weighted by Gasteiger charge is 2.34. The Morgan fingerprint density at radius 2 is 1.45 bits per heavy atom. The molecule has 1 rings (SSSR count). The van der Waals surface area contributed by atoms with Gasteiger partial charge in [-0.2, -0.15) is 0 Å². The first-order valence-corrected chi connectivity index (χ1v) is 8.05. The van der Waals surface area contributed by atoms with Crippen LogP contribution in [0.3, 0.4) is 0 Å². The summed E-state index contributed by atoms with van der Waals surface area (Å²) >= 11 is 0.